The maximum atomic E-state index is 6.04. The van der Waals surface area contributed by atoms with E-state index in [9.17, 15) is 0 Å². The van der Waals surface area contributed by atoms with Crippen LogP contribution in [0, 0.1) is 0 Å². The Kier molecular flexibility index (Phi) is 6.13. The van der Waals surface area contributed by atoms with Gasteiger partial charge in [0, 0.05) is 22.5 Å². The number of fused-ring (bicyclic) bond motifs is 1. The lowest BCUT2D eigenvalue weighted by molar-refractivity contribution is -0.922. The third kappa shape index (κ3) is 4.72. The van der Waals surface area contributed by atoms with Crippen LogP contribution in [0.4, 0.5) is 5.82 Å². The molecule has 1 saturated heterocycles. The van der Waals surface area contributed by atoms with Gasteiger partial charge in [0.25, 0.3) is 0 Å². The molecule has 1 aliphatic rings. The molecule has 1 fully saturated rings. The Balaban J connectivity index is 1.51. The standard InChI is InChI=1S/C24H23ClN4OS/c25-19-8-6-17(7-9-19)14-26-23-22-20(18-4-2-1-3-5-18)16-31-24(22)28-21(27-23)15-29-10-12-30-13-11-29/h1-9,16H,10-15H2,(H,26,27,28)/p+1. The highest BCUT2D eigenvalue weighted by Crippen LogP contribution is 2.37. The summed E-state index contributed by atoms with van der Waals surface area (Å²) in [5.41, 5.74) is 3.51. The number of nitrogens with one attached hydrogen (secondary N) is 2. The fourth-order valence-corrected chi connectivity index (χ4v) is 4.96. The summed E-state index contributed by atoms with van der Waals surface area (Å²) in [4.78, 5) is 12.4. The molecule has 7 heteroatoms. The normalized spacial score (nSPS) is 14.7. The van der Waals surface area contributed by atoms with Gasteiger partial charge in [-0.3, -0.25) is 0 Å². The number of thiophene rings is 1. The van der Waals surface area contributed by atoms with Gasteiger partial charge in [0.2, 0.25) is 0 Å². The molecule has 2 aromatic heterocycles. The lowest BCUT2D eigenvalue weighted by Crippen LogP contribution is -3.12. The van der Waals surface area contributed by atoms with E-state index in [1.165, 1.54) is 16.0 Å². The first kappa shape index (κ1) is 20.4. The number of hydrogen-bond donors (Lipinski definition) is 2. The maximum Gasteiger partial charge on any atom is 0.187 e. The summed E-state index contributed by atoms with van der Waals surface area (Å²) in [6, 6.07) is 18.4. The average Bonchev–Trinajstić information content (AvgIpc) is 3.24. The first-order valence-electron chi connectivity index (χ1n) is 10.5. The molecule has 0 bridgehead atoms. The Hall–Kier alpha value is -2.51. The summed E-state index contributed by atoms with van der Waals surface area (Å²) in [7, 11) is 0. The Morgan fingerprint density at radius 2 is 1.77 bits per heavy atom. The smallest absolute Gasteiger partial charge is 0.187 e. The molecule has 0 unspecified atom stereocenters. The fourth-order valence-electron chi connectivity index (χ4n) is 3.87. The zero-order valence-electron chi connectivity index (χ0n) is 17.1. The minimum absolute atomic E-state index is 0.678. The van der Waals surface area contributed by atoms with Crippen molar-refractivity contribution < 1.29 is 9.64 Å². The fraction of sp³-hybridized carbons (Fsp3) is 0.250. The molecule has 1 aliphatic heterocycles. The van der Waals surface area contributed by atoms with Crippen LogP contribution in [-0.4, -0.2) is 36.3 Å². The summed E-state index contributed by atoms with van der Waals surface area (Å²) in [5, 5.41) is 7.60. The van der Waals surface area contributed by atoms with E-state index in [-0.39, 0.29) is 0 Å². The molecule has 0 radical (unpaired) electrons. The molecular weight excluding hydrogens is 428 g/mol. The molecule has 158 valence electrons. The second kappa shape index (κ2) is 9.32. The van der Waals surface area contributed by atoms with Crippen LogP contribution < -0.4 is 10.2 Å². The predicted octanol–water partition coefficient (Wildman–Crippen LogP) is 4.04. The molecule has 0 atom stereocenters. The number of halogens is 1. The van der Waals surface area contributed by atoms with E-state index in [1.807, 2.05) is 30.3 Å². The van der Waals surface area contributed by atoms with E-state index in [0.717, 1.165) is 65.3 Å². The topological polar surface area (TPSA) is 51.5 Å². The first-order chi connectivity index (χ1) is 15.3. The SMILES string of the molecule is Clc1ccc(CNc2nc(C[NH+]3CCOCC3)nc3scc(-c4ccccc4)c23)cc1. The van der Waals surface area contributed by atoms with Crippen LogP contribution in [0.2, 0.25) is 5.02 Å². The van der Waals surface area contributed by atoms with Crippen molar-refractivity contribution in [1.82, 2.24) is 9.97 Å². The number of hydrogen-bond acceptors (Lipinski definition) is 5. The third-order valence-corrected chi connectivity index (χ3v) is 6.67. The maximum absolute atomic E-state index is 6.04. The largest absolute Gasteiger partial charge is 0.370 e. The van der Waals surface area contributed by atoms with Crippen molar-refractivity contribution in [2.24, 2.45) is 0 Å². The molecule has 3 heterocycles. The molecule has 4 aromatic rings. The molecule has 0 spiro atoms. The number of morpholine rings is 1. The van der Waals surface area contributed by atoms with Crippen molar-refractivity contribution >= 4 is 39.0 Å². The van der Waals surface area contributed by atoms with E-state index >= 15 is 0 Å². The highest BCUT2D eigenvalue weighted by molar-refractivity contribution is 7.17. The van der Waals surface area contributed by atoms with Crippen molar-refractivity contribution in [3.05, 3.63) is 76.4 Å². The number of quaternary nitrogens is 1. The van der Waals surface area contributed by atoms with Crippen molar-refractivity contribution in [3.63, 3.8) is 0 Å². The van der Waals surface area contributed by atoms with Crippen molar-refractivity contribution in [2.75, 3.05) is 31.6 Å². The van der Waals surface area contributed by atoms with Crippen LogP contribution in [0.1, 0.15) is 11.4 Å². The van der Waals surface area contributed by atoms with Crippen LogP contribution >= 0.6 is 22.9 Å². The minimum atomic E-state index is 0.678. The molecule has 2 N–H and O–H groups in total. The monoisotopic (exact) mass is 451 g/mol. The van der Waals surface area contributed by atoms with Gasteiger partial charge in [-0.05, 0) is 23.3 Å². The highest BCUT2D eigenvalue weighted by Gasteiger charge is 2.20. The number of nitrogens with zero attached hydrogens (tertiary/aromatic N) is 2. The van der Waals surface area contributed by atoms with Crippen LogP contribution in [0.5, 0.6) is 0 Å². The van der Waals surface area contributed by atoms with Crippen LogP contribution in [0.15, 0.2) is 60.0 Å². The van der Waals surface area contributed by atoms with Gasteiger partial charge < -0.3 is 15.0 Å². The second-order valence-electron chi connectivity index (χ2n) is 7.70. The molecule has 31 heavy (non-hydrogen) atoms. The van der Waals surface area contributed by atoms with Gasteiger partial charge in [0.15, 0.2) is 5.82 Å². The summed E-state index contributed by atoms with van der Waals surface area (Å²) in [5.74, 6) is 1.77. The molecule has 0 amide bonds. The summed E-state index contributed by atoms with van der Waals surface area (Å²) >= 11 is 7.72. The van der Waals surface area contributed by atoms with E-state index < -0.39 is 0 Å². The van der Waals surface area contributed by atoms with E-state index in [0.29, 0.717) is 6.54 Å². The zero-order chi connectivity index (χ0) is 21.0. The molecular formula is C24H24ClN4OS+. The molecule has 0 aliphatic carbocycles. The van der Waals surface area contributed by atoms with Gasteiger partial charge in [-0.15, -0.1) is 11.3 Å². The van der Waals surface area contributed by atoms with Gasteiger partial charge in [0.1, 0.15) is 30.3 Å². The lowest BCUT2D eigenvalue weighted by Gasteiger charge is -2.23. The lowest BCUT2D eigenvalue weighted by atomic mass is 10.1. The van der Waals surface area contributed by atoms with Crippen LogP contribution in [-0.2, 0) is 17.8 Å². The Labute approximate surface area is 190 Å². The summed E-state index contributed by atoms with van der Waals surface area (Å²) < 4.78 is 5.50. The molecule has 5 rings (SSSR count). The van der Waals surface area contributed by atoms with Crippen molar-refractivity contribution in [2.45, 2.75) is 13.1 Å². The van der Waals surface area contributed by atoms with E-state index in [2.05, 4.69) is 35.0 Å². The number of ether oxygens (including phenoxy) is 1. The second-order valence-corrected chi connectivity index (χ2v) is 9.00. The Morgan fingerprint density at radius 1 is 1.00 bits per heavy atom. The molecule has 0 saturated carbocycles. The number of benzene rings is 2. The average molecular weight is 452 g/mol. The molecule has 5 nitrogen and oxygen atoms in total. The molecule has 2 aromatic carbocycles. The third-order valence-electron chi connectivity index (χ3n) is 5.55. The number of aromatic nitrogens is 2. The zero-order valence-corrected chi connectivity index (χ0v) is 18.7. The summed E-state index contributed by atoms with van der Waals surface area (Å²) in [6.07, 6.45) is 0. The van der Waals surface area contributed by atoms with Crippen LogP contribution in [0.25, 0.3) is 21.3 Å². The van der Waals surface area contributed by atoms with Crippen molar-refractivity contribution in [3.8, 4) is 11.1 Å². The van der Waals surface area contributed by atoms with Crippen molar-refractivity contribution in [1.29, 1.82) is 0 Å². The Morgan fingerprint density at radius 3 is 2.55 bits per heavy atom. The van der Waals surface area contributed by atoms with Gasteiger partial charge in [-0.2, -0.15) is 0 Å². The Bertz CT molecular complexity index is 1160. The quantitative estimate of drug-likeness (QED) is 0.464. The highest BCUT2D eigenvalue weighted by atomic mass is 35.5. The van der Waals surface area contributed by atoms with Gasteiger partial charge in [-0.25, -0.2) is 9.97 Å². The first-order valence-corrected chi connectivity index (χ1v) is 11.8. The minimum Gasteiger partial charge on any atom is -0.370 e. The number of anilines is 1. The van der Waals surface area contributed by atoms with Gasteiger partial charge >= 0.3 is 0 Å². The van der Waals surface area contributed by atoms with Crippen LogP contribution in [0.3, 0.4) is 0 Å². The predicted molar refractivity (Wildman–Crippen MR) is 127 cm³/mol. The van der Waals surface area contributed by atoms with Gasteiger partial charge in [0.05, 0.1) is 18.6 Å². The van der Waals surface area contributed by atoms with E-state index in [4.69, 9.17) is 26.3 Å². The van der Waals surface area contributed by atoms with Gasteiger partial charge in [-0.1, -0.05) is 54.1 Å². The summed E-state index contributed by atoms with van der Waals surface area (Å²) in [6.45, 7) is 5.08. The number of rotatable bonds is 6. The van der Waals surface area contributed by atoms with E-state index in [1.54, 1.807) is 11.3 Å².